The standard InChI is InChI=1S/C14H21N3O/c1-18-11-12-4-6-17(7-5-12)10-14-3-2-13(8-15)9-16-14/h2-4,9H,5-8,10-11,15H2,1H3. The Hall–Kier alpha value is -1.23. The van der Waals surface area contributed by atoms with Crippen molar-refractivity contribution in [2.75, 3.05) is 26.8 Å². The minimum Gasteiger partial charge on any atom is -0.380 e. The molecule has 0 unspecified atom stereocenters. The van der Waals surface area contributed by atoms with E-state index in [2.05, 4.69) is 28.1 Å². The molecule has 0 saturated carbocycles. The zero-order valence-electron chi connectivity index (χ0n) is 10.9. The van der Waals surface area contributed by atoms with Crippen molar-refractivity contribution in [1.82, 2.24) is 9.88 Å². The molecule has 98 valence electrons. The molecule has 1 aromatic rings. The summed E-state index contributed by atoms with van der Waals surface area (Å²) in [5.74, 6) is 0. The molecule has 0 atom stereocenters. The molecule has 0 fully saturated rings. The summed E-state index contributed by atoms with van der Waals surface area (Å²) < 4.78 is 5.15. The third-order valence-corrected chi connectivity index (χ3v) is 3.22. The van der Waals surface area contributed by atoms with Crippen LogP contribution in [0.1, 0.15) is 17.7 Å². The number of hydrogen-bond acceptors (Lipinski definition) is 4. The van der Waals surface area contributed by atoms with E-state index < -0.39 is 0 Å². The highest BCUT2D eigenvalue weighted by Gasteiger charge is 2.12. The Morgan fingerprint density at radius 3 is 2.89 bits per heavy atom. The smallest absolute Gasteiger partial charge is 0.0673 e. The van der Waals surface area contributed by atoms with Crippen LogP contribution in [0.2, 0.25) is 0 Å². The van der Waals surface area contributed by atoms with Gasteiger partial charge < -0.3 is 10.5 Å². The van der Waals surface area contributed by atoms with Crippen molar-refractivity contribution in [2.24, 2.45) is 5.73 Å². The number of hydrogen-bond donors (Lipinski definition) is 1. The quantitative estimate of drug-likeness (QED) is 0.797. The molecule has 2 heterocycles. The van der Waals surface area contributed by atoms with Crippen LogP contribution in [0, 0.1) is 0 Å². The monoisotopic (exact) mass is 247 g/mol. The molecule has 2 rings (SSSR count). The van der Waals surface area contributed by atoms with E-state index in [1.165, 1.54) is 5.57 Å². The number of ether oxygens (including phenoxy) is 1. The van der Waals surface area contributed by atoms with E-state index in [4.69, 9.17) is 10.5 Å². The topological polar surface area (TPSA) is 51.4 Å². The Bertz CT molecular complexity index is 400. The maximum absolute atomic E-state index is 5.56. The van der Waals surface area contributed by atoms with Crippen LogP contribution in [0.4, 0.5) is 0 Å². The van der Waals surface area contributed by atoms with Crippen LogP contribution in [0.3, 0.4) is 0 Å². The second kappa shape index (κ2) is 6.64. The third kappa shape index (κ3) is 3.63. The van der Waals surface area contributed by atoms with Crippen LogP contribution >= 0.6 is 0 Å². The molecule has 0 amide bonds. The van der Waals surface area contributed by atoms with Gasteiger partial charge in [-0.1, -0.05) is 12.1 Å². The third-order valence-electron chi connectivity index (χ3n) is 3.22. The molecule has 1 aliphatic rings. The van der Waals surface area contributed by atoms with E-state index in [1.807, 2.05) is 6.20 Å². The van der Waals surface area contributed by atoms with E-state index in [0.29, 0.717) is 6.54 Å². The van der Waals surface area contributed by atoms with Crippen molar-refractivity contribution in [3.63, 3.8) is 0 Å². The molecule has 4 heteroatoms. The fourth-order valence-electron chi connectivity index (χ4n) is 2.11. The summed E-state index contributed by atoms with van der Waals surface area (Å²) in [6.07, 6.45) is 5.22. The molecule has 4 nitrogen and oxygen atoms in total. The van der Waals surface area contributed by atoms with Crippen molar-refractivity contribution in [3.05, 3.63) is 41.2 Å². The van der Waals surface area contributed by atoms with E-state index in [-0.39, 0.29) is 0 Å². The summed E-state index contributed by atoms with van der Waals surface area (Å²) in [5.41, 5.74) is 9.15. The maximum Gasteiger partial charge on any atom is 0.0673 e. The maximum atomic E-state index is 5.56. The van der Waals surface area contributed by atoms with E-state index in [1.54, 1.807) is 7.11 Å². The first-order chi connectivity index (χ1) is 8.81. The molecule has 0 radical (unpaired) electrons. The van der Waals surface area contributed by atoms with Crippen molar-refractivity contribution in [1.29, 1.82) is 0 Å². The number of aromatic nitrogens is 1. The first-order valence-electron chi connectivity index (χ1n) is 6.35. The lowest BCUT2D eigenvalue weighted by atomic mass is 10.1. The Kier molecular flexibility index (Phi) is 4.87. The molecule has 18 heavy (non-hydrogen) atoms. The van der Waals surface area contributed by atoms with Gasteiger partial charge >= 0.3 is 0 Å². The van der Waals surface area contributed by atoms with Crippen LogP contribution in [0.5, 0.6) is 0 Å². The second-order valence-corrected chi connectivity index (χ2v) is 4.64. The summed E-state index contributed by atoms with van der Waals surface area (Å²) >= 11 is 0. The highest BCUT2D eigenvalue weighted by atomic mass is 16.5. The molecule has 1 aromatic heterocycles. The lowest BCUT2D eigenvalue weighted by molar-refractivity contribution is 0.210. The number of nitrogens with zero attached hydrogens (tertiary/aromatic N) is 2. The average Bonchev–Trinajstić information content (AvgIpc) is 2.42. The molecule has 2 N–H and O–H groups in total. The highest BCUT2D eigenvalue weighted by molar-refractivity contribution is 5.14. The van der Waals surface area contributed by atoms with Gasteiger partial charge in [0, 0.05) is 39.5 Å². The molecular formula is C14H21N3O. The largest absolute Gasteiger partial charge is 0.380 e. The van der Waals surface area contributed by atoms with E-state index in [0.717, 1.165) is 43.9 Å². The zero-order chi connectivity index (χ0) is 12.8. The molecule has 0 aliphatic carbocycles. The Labute approximate surface area is 108 Å². The second-order valence-electron chi connectivity index (χ2n) is 4.64. The molecule has 0 aromatic carbocycles. The fraction of sp³-hybridized carbons (Fsp3) is 0.500. The van der Waals surface area contributed by atoms with Crippen molar-refractivity contribution in [3.8, 4) is 0 Å². The molecule has 0 spiro atoms. The first kappa shape index (κ1) is 13.2. The van der Waals surface area contributed by atoms with Crippen LogP contribution in [0.25, 0.3) is 0 Å². The van der Waals surface area contributed by atoms with E-state index in [9.17, 15) is 0 Å². The SMILES string of the molecule is COCC1=CCN(Cc2ccc(CN)cn2)CC1. The van der Waals surface area contributed by atoms with Gasteiger partial charge in [-0.3, -0.25) is 9.88 Å². The van der Waals surface area contributed by atoms with Gasteiger partial charge in [-0.15, -0.1) is 0 Å². The summed E-state index contributed by atoms with van der Waals surface area (Å²) in [4.78, 5) is 6.82. The first-order valence-corrected chi connectivity index (χ1v) is 6.35. The number of methoxy groups -OCH3 is 1. The molecule has 0 bridgehead atoms. The number of pyridine rings is 1. The Morgan fingerprint density at radius 2 is 2.33 bits per heavy atom. The van der Waals surface area contributed by atoms with Gasteiger partial charge in [0.2, 0.25) is 0 Å². The van der Waals surface area contributed by atoms with Crippen LogP contribution in [-0.2, 0) is 17.8 Å². The van der Waals surface area contributed by atoms with Gasteiger partial charge in [-0.05, 0) is 23.6 Å². The van der Waals surface area contributed by atoms with Crippen molar-refractivity contribution >= 4 is 0 Å². The Balaban J connectivity index is 1.87. The van der Waals surface area contributed by atoms with Crippen LogP contribution in [-0.4, -0.2) is 36.7 Å². The van der Waals surface area contributed by atoms with Crippen molar-refractivity contribution < 1.29 is 4.74 Å². The Morgan fingerprint density at radius 1 is 1.44 bits per heavy atom. The van der Waals surface area contributed by atoms with Gasteiger partial charge in [0.1, 0.15) is 0 Å². The normalized spacial score (nSPS) is 16.7. The summed E-state index contributed by atoms with van der Waals surface area (Å²) in [5, 5.41) is 0. The summed E-state index contributed by atoms with van der Waals surface area (Å²) in [7, 11) is 1.75. The predicted molar refractivity (Wildman–Crippen MR) is 72.0 cm³/mol. The van der Waals surface area contributed by atoms with Crippen LogP contribution in [0.15, 0.2) is 30.0 Å². The minimum absolute atomic E-state index is 0.556. The lowest BCUT2D eigenvalue weighted by Crippen LogP contribution is -2.29. The average molecular weight is 247 g/mol. The highest BCUT2D eigenvalue weighted by Crippen LogP contribution is 2.13. The number of rotatable bonds is 5. The molecule has 0 saturated heterocycles. The number of nitrogens with two attached hydrogens (primary N) is 1. The van der Waals surface area contributed by atoms with Crippen molar-refractivity contribution in [2.45, 2.75) is 19.5 Å². The van der Waals surface area contributed by atoms with E-state index >= 15 is 0 Å². The fourth-order valence-corrected chi connectivity index (χ4v) is 2.11. The zero-order valence-corrected chi connectivity index (χ0v) is 10.9. The minimum atomic E-state index is 0.556. The summed E-state index contributed by atoms with van der Waals surface area (Å²) in [6, 6.07) is 4.12. The van der Waals surface area contributed by atoms with Gasteiger partial charge in [0.25, 0.3) is 0 Å². The predicted octanol–water partition coefficient (Wildman–Crippen LogP) is 1.32. The van der Waals surface area contributed by atoms with Crippen LogP contribution < -0.4 is 5.73 Å². The molecular weight excluding hydrogens is 226 g/mol. The summed E-state index contributed by atoms with van der Waals surface area (Å²) in [6.45, 7) is 4.29. The molecule has 1 aliphatic heterocycles. The van der Waals surface area contributed by atoms with Gasteiger partial charge in [-0.2, -0.15) is 0 Å². The van der Waals surface area contributed by atoms with Gasteiger partial charge in [0.15, 0.2) is 0 Å². The lowest BCUT2D eigenvalue weighted by Gasteiger charge is -2.25. The van der Waals surface area contributed by atoms with Gasteiger partial charge in [-0.25, -0.2) is 0 Å². The van der Waals surface area contributed by atoms with Gasteiger partial charge in [0.05, 0.1) is 12.3 Å².